The first kappa shape index (κ1) is 13.0. The summed E-state index contributed by atoms with van der Waals surface area (Å²) in [7, 11) is 0. The summed E-state index contributed by atoms with van der Waals surface area (Å²) in [4.78, 5) is 11.4. The first-order valence-corrected chi connectivity index (χ1v) is 5.17. The number of nitrogens with one attached hydrogen (secondary N) is 1. The van der Waals surface area contributed by atoms with Crippen molar-refractivity contribution < 1.29 is 4.79 Å². The lowest BCUT2D eigenvalue weighted by Crippen LogP contribution is -2.44. The average Bonchev–Trinajstić information content (AvgIpc) is 2.21. The van der Waals surface area contributed by atoms with Crippen LogP contribution in [-0.2, 0) is 4.79 Å². The second-order valence-corrected chi connectivity index (χ2v) is 3.38. The van der Waals surface area contributed by atoms with Crippen molar-refractivity contribution >= 4 is 5.91 Å². The molecule has 2 atom stereocenters. The number of amides is 1. The van der Waals surface area contributed by atoms with Crippen LogP contribution in [0.3, 0.4) is 0 Å². The van der Waals surface area contributed by atoms with Gasteiger partial charge in [-0.15, -0.1) is 6.42 Å². The summed E-state index contributed by atoms with van der Waals surface area (Å²) in [5.41, 5.74) is 5.68. The largest absolute Gasteiger partial charge is 0.341 e. The molecule has 0 radical (unpaired) electrons. The van der Waals surface area contributed by atoms with Crippen molar-refractivity contribution in [2.45, 2.75) is 51.6 Å². The minimum absolute atomic E-state index is 0.136. The van der Waals surface area contributed by atoms with E-state index in [1.807, 2.05) is 6.92 Å². The van der Waals surface area contributed by atoms with Crippen molar-refractivity contribution in [1.82, 2.24) is 5.32 Å². The van der Waals surface area contributed by atoms with Crippen LogP contribution in [0.2, 0.25) is 0 Å². The van der Waals surface area contributed by atoms with E-state index >= 15 is 0 Å². The fraction of sp³-hybridized carbons (Fsp3) is 0.727. The molecular formula is C11H20N2O. The summed E-state index contributed by atoms with van der Waals surface area (Å²) < 4.78 is 0. The summed E-state index contributed by atoms with van der Waals surface area (Å²) in [6, 6.07) is -0.604. The third-order valence-corrected chi connectivity index (χ3v) is 2.13. The maximum atomic E-state index is 11.4. The first-order valence-electron chi connectivity index (χ1n) is 5.17. The third kappa shape index (κ3) is 4.88. The average molecular weight is 196 g/mol. The Hall–Kier alpha value is -1.01. The number of hydrogen-bond acceptors (Lipinski definition) is 2. The maximum Gasteiger partial charge on any atom is 0.237 e. The van der Waals surface area contributed by atoms with Gasteiger partial charge in [0, 0.05) is 0 Å². The summed E-state index contributed by atoms with van der Waals surface area (Å²) in [6.45, 7) is 4.00. The number of terminal acetylenes is 1. The van der Waals surface area contributed by atoms with Crippen LogP contribution in [-0.4, -0.2) is 18.0 Å². The van der Waals surface area contributed by atoms with Gasteiger partial charge in [-0.1, -0.05) is 32.6 Å². The van der Waals surface area contributed by atoms with E-state index in [1.165, 1.54) is 0 Å². The van der Waals surface area contributed by atoms with Crippen LogP contribution in [0.5, 0.6) is 0 Å². The molecule has 0 aromatic heterocycles. The van der Waals surface area contributed by atoms with Gasteiger partial charge < -0.3 is 11.1 Å². The molecular weight excluding hydrogens is 176 g/mol. The molecule has 0 spiro atoms. The molecule has 0 bridgehead atoms. The Morgan fingerprint density at radius 3 is 2.64 bits per heavy atom. The van der Waals surface area contributed by atoms with Crippen molar-refractivity contribution in [2.24, 2.45) is 5.73 Å². The van der Waals surface area contributed by atoms with Gasteiger partial charge >= 0.3 is 0 Å². The fourth-order valence-electron chi connectivity index (χ4n) is 1.10. The molecule has 3 N–H and O–H groups in total. The van der Waals surface area contributed by atoms with Crippen molar-refractivity contribution in [3.05, 3.63) is 0 Å². The lowest BCUT2D eigenvalue weighted by Gasteiger charge is -2.15. The van der Waals surface area contributed by atoms with Gasteiger partial charge in [-0.05, 0) is 12.8 Å². The summed E-state index contributed by atoms with van der Waals surface area (Å²) in [5, 5.41) is 2.72. The van der Waals surface area contributed by atoms with Crippen LogP contribution in [0.1, 0.15) is 39.5 Å². The van der Waals surface area contributed by atoms with Gasteiger partial charge in [-0.25, -0.2) is 0 Å². The summed E-state index contributed by atoms with van der Waals surface area (Å²) in [6.07, 6.45) is 8.71. The first-order chi connectivity index (χ1) is 6.65. The van der Waals surface area contributed by atoms with Crippen LogP contribution >= 0.6 is 0 Å². The van der Waals surface area contributed by atoms with Crippen LogP contribution in [0.4, 0.5) is 0 Å². The molecule has 3 nitrogen and oxygen atoms in total. The van der Waals surface area contributed by atoms with Crippen LogP contribution in [0.15, 0.2) is 0 Å². The van der Waals surface area contributed by atoms with Crippen LogP contribution in [0, 0.1) is 12.3 Å². The van der Waals surface area contributed by atoms with Gasteiger partial charge in [0.1, 0.15) is 0 Å². The van der Waals surface area contributed by atoms with Crippen LogP contribution in [0.25, 0.3) is 0 Å². The molecule has 0 fully saturated rings. The normalized spacial score (nSPS) is 14.1. The highest BCUT2D eigenvalue weighted by Gasteiger charge is 2.14. The highest BCUT2D eigenvalue weighted by molar-refractivity contribution is 5.82. The molecule has 14 heavy (non-hydrogen) atoms. The van der Waals surface area contributed by atoms with Crippen molar-refractivity contribution in [2.75, 3.05) is 0 Å². The monoisotopic (exact) mass is 196 g/mol. The van der Waals surface area contributed by atoms with E-state index in [2.05, 4.69) is 18.2 Å². The topological polar surface area (TPSA) is 55.1 Å². The second kappa shape index (κ2) is 7.40. The molecule has 0 aliphatic rings. The third-order valence-electron chi connectivity index (χ3n) is 2.13. The Balaban J connectivity index is 3.88. The number of hydrogen-bond donors (Lipinski definition) is 2. The fourth-order valence-corrected chi connectivity index (χ4v) is 1.10. The van der Waals surface area contributed by atoms with Crippen LogP contribution < -0.4 is 11.1 Å². The number of rotatable bonds is 6. The van der Waals surface area contributed by atoms with E-state index in [4.69, 9.17) is 12.2 Å². The minimum Gasteiger partial charge on any atom is -0.341 e. The van der Waals surface area contributed by atoms with Crippen molar-refractivity contribution in [3.63, 3.8) is 0 Å². The molecule has 3 heteroatoms. The lowest BCUT2D eigenvalue weighted by atomic mass is 10.1. The van der Waals surface area contributed by atoms with E-state index in [9.17, 15) is 4.79 Å². The molecule has 80 valence electrons. The number of carbonyl (C=O) groups is 1. The molecule has 0 saturated heterocycles. The van der Waals surface area contributed by atoms with E-state index < -0.39 is 6.04 Å². The van der Waals surface area contributed by atoms with E-state index in [1.54, 1.807) is 0 Å². The zero-order chi connectivity index (χ0) is 11.0. The SMILES string of the molecule is C#CC(CC)NC(=O)C(N)CCCC. The molecule has 0 rings (SSSR count). The zero-order valence-corrected chi connectivity index (χ0v) is 9.05. The Kier molecular flexibility index (Phi) is 6.87. The Morgan fingerprint density at radius 1 is 1.57 bits per heavy atom. The predicted molar refractivity (Wildman–Crippen MR) is 58.6 cm³/mol. The van der Waals surface area contributed by atoms with Gasteiger partial charge in [0.15, 0.2) is 0 Å². The number of nitrogens with two attached hydrogens (primary N) is 1. The van der Waals surface area contributed by atoms with Crippen molar-refractivity contribution in [3.8, 4) is 12.3 Å². The Morgan fingerprint density at radius 2 is 2.21 bits per heavy atom. The second-order valence-electron chi connectivity index (χ2n) is 3.38. The van der Waals surface area contributed by atoms with Gasteiger partial charge in [0.25, 0.3) is 0 Å². The lowest BCUT2D eigenvalue weighted by molar-refractivity contribution is -0.122. The molecule has 1 amide bonds. The molecule has 0 aromatic rings. The predicted octanol–water partition coefficient (Wildman–Crippen LogP) is 1.03. The minimum atomic E-state index is -0.419. The highest BCUT2D eigenvalue weighted by atomic mass is 16.2. The standard InChI is InChI=1S/C11H20N2O/c1-4-7-8-10(12)11(14)13-9(5-2)6-3/h2,9-10H,4,6-8,12H2,1,3H3,(H,13,14). The quantitative estimate of drug-likeness (QED) is 0.623. The van der Waals surface area contributed by atoms with Gasteiger partial charge in [-0.3, -0.25) is 4.79 Å². The smallest absolute Gasteiger partial charge is 0.237 e. The molecule has 0 heterocycles. The molecule has 0 aliphatic carbocycles. The highest BCUT2D eigenvalue weighted by Crippen LogP contribution is 1.99. The van der Waals surface area contributed by atoms with E-state index in [-0.39, 0.29) is 11.9 Å². The number of unbranched alkanes of at least 4 members (excludes halogenated alkanes) is 1. The molecule has 2 unspecified atom stereocenters. The Bertz CT molecular complexity index is 208. The van der Waals surface area contributed by atoms with E-state index in [0.717, 1.165) is 25.7 Å². The molecule has 0 aromatic carbocycles. The van der Waals surface area contributed by atoms with Gasteiger partial charge in [-0.2, -0.15) is 0 Å². The summed E-state index contributed by atoms with van der Waals surface area (Å²) in [5.74, 6) is 2.37. The van der Waals surface area contributed by atoms with E-state index in [0.29, 0.717) is 0 Å². The summed E-state index contributed by atoms with van der Waals surface area (Å²) >= 11 is 0. The van der Waals surface area contributed by atoms with Gasteiger partial charge in [0.2, 0.25) is 5.91 Å². The number of carbonyl (C=O) groups excluding carboxylic acids is 1. The zero-order valence-electron chi connectivity index (χ0n) is 9.05. The Labute approximate surface area is 86.4 Å². The molecule has 0 aliphatic heterocycles. The van der Waals surface area contributed by atoms with Crippen molar-refractivity contribution in [1.29, 1.82) is 0 Å². The molecule has 0 saturated carbocycles. The van der Waals surface area contributed by atoms with Gasteiger partial charge in [0.05, 0.1) is 12.1 Å². The maximum absolute atomic E-state index is 11.4.